The fourth-order valence-corrected chi connectivity index (χ4v) is 4.33. The Hall–Kier alpha value is -2.28. The molecule has 0 amide bonds. The van der Waals surface area contributed by atoms with E-state index in [0.717, 1.165) is 44.0 Å². The van der Waals surface area contributed by atoms with Crippen LogP contribution in [0.4, 0.5) is 5.69 Å². The van der Waals surface area contributed by atoms with E-state index < -0.39 is 6.10 Å². The number of thioether (sulfide) groups is 1. The third-order valence-corrected chi connectivity index (χ3v) is 6.36. The second kappa shape index (κ2) is 9.03. The van der Waals surface area contributed by atoms with Gasteiger partial charge in [-0.1, -0.05) is 30.3 Å². The molecule has 3 aromatic rings. The molecule has 6 heteroatoms. The summed E-state index contributed by atoms with van der Waals surface area (Å²) in [5.41, 5.74) is 3.39. The molecule has 0 bridgehead atoms. The molecule has 0 spiro atoms. The highest BCUT2D eigenvalue weighted by Crippen LogP contribution is 2.30. The van der Waals surface area contributed by atoms with Gasteiger partial charge in [-0.25, -0.2) is 4.98 Å². The van der Waals surface area contributed by atoms with Gasteiger partial charge in [0.15, 0.2) is 0 Å². The molecule has 1 saturated heterocycles. The standard InChI is InChI=1S/C23H28N4OS/c1-25-12-11-24-23(25)22(28)20-5-3-4-6-21(20)27-15-13-26(14-16-27)17-18-7-9-19(29-2)10-8-18/h3-12,22,28H,13-17H2,1-2H3. The van der Waals surface area contributed by atoms with E-state index in [-0.39, 0.29) is 0 Å². The Morgan fingerprint density at radius 3 is 2.41 bits per heavy atom. The fraction of sp³-hybridized carbons (Fsp3) is 0.348. The Morgan fingerprint density at radius 1 is 1.03 bits per heavy atom. The minimum atomic E-state index is -0.723. The van der Waals surface area contributed by atoms with Gasteiger partial charge in [0.25, 0.3) is 0 Å². The number of aliphatic hydroxyl groups is 1. The zero-order chi connectivity index (χ0) is 20.2. The monoisotopic (exact) mass is 408 g/mol. The lowest BCUT2D eigenvalue weighted by Gasteiger charge is -2.37. The molecule has 2 aromatic carbocycles. The van der Waals surface area contributed by atoms with Crippen molar-refractivity contribution in [3.63, 3.8) is 0 Å². The number of anilines is 1. The molecule has 1 aliphatic rings. The predicted octanol–water partition coefficient (Wildman–Crippen LogP) is 3.55. The van der Waals surface area contributed by atoms with E-state index in [4.69, 9.17) is 0 Å². The van der Waals surface area contributed by atoms with Crippen molar-refractivity contribution in [1.29, 1.82) is 0 Å². The van der Waals surface area contributed by atoms with Gasteiger partial charge in [-0.15, -0.1) is 11.8 Å². The molecule has 4 rings (SSSR count). The number of aromatic nitrogens is 2. The first-order chi connectivity index (χ1) is 14.2. The summed E-state index contributed by atoms with van der Waals surface area (Å²) in [5, 5.41) is 10.9. The summed E-state index contributed by atoms with van der Waals surface area (Å²) in [7, 11) is 1.92. The van der Waals surface area contributed by atoms with Gasteiger partial charge < -0.3 is 14.6 Å². The van der Waals surface area contributed by atoms with Crippen molar-refractivity contribution >= 4 is 17.4 Å². The molecule has 1 atom stereocenters. The maximum absolute atomic E-state index is 10.9. The maximum atomic E-state index is 10.9. The Balaban J connectivity index is 1.43. The molecule has 1 fully saturated rings. The molecule has 0 saturated carbocycles. The van der Waals surface area contributed by atoms with Crippen LogP contribution < -0.4 is 4.90 Å². The normalized spacial score (nSPS) is 16.2. The summed E-state index contributed by atoms with van der Waals surface area (Å²) in [5.74, 6) is 0.671. The summed E-state index contributed by atoms with van der Waals surface area (Å²) in [6.07, 6.45) is 4.98. The average molecular weight is 409 g/mol. The average Bonchev–Trinajstić information content (AvgIpc) is 3.20. The molecular weight excluding hydrogens is 380 g/mol. The highest BCUT2D eigenvalue weighted by Gasteiger charge is 2.23. The zero-order valence-corrected chi connectivity index (χ0v) is 17.8. The molecule has 1 aliphatic heterocycles. The highest BCUT2D eigenvalue weighted by molar-refractivity contribution is 7.98. The van der Waals surface area contributed by atoms with E-state index >= 15 is 0 Å². The number of hydrogen-bond donors (Lipinski definition) is 1. The number of aryl methyl sites for hydroxylation is 1. The predicted molar refractivity (Wildman–Crippen MR) is 119 cm³/mol. The van der Waals surface area contributed by atoms with E-state index in [2.05, 4.69) is 51.4 Å². The van der Waals surface area contributed by atoms with Gasteiger partial charge in [-0.3, -0.25) is 4.90 Å². The van der Waals surface area contributed by atoms with Crippen molar-refractivity contribution in [2.45, 2.75) is 17.5 Å². The SMILES string of the molecule is CSc1ccc(CN2CCN(c3ccccc3C(O)c3nccn3C)CC2)cc1. The first-order valence-corrected chi connectivity index (χ1v) is 11.2. The van der Waals surface area contributed by atoms with Gasteiger partial charge in [-0.2, -0.15) is 0 Å². The van der Waals surface area contributed by atoms with E-state index in [1.165, 1.54) is 10.5 Å². The molecular formula is C23H28N4OS. The van der Waals surface area contributed by atoms with Gasteiger partial charge in [0.1, 0.15) is 11.9 Å². The third kappa shape index (κ3) is 4.50. The second-order valence-electron chi connectivity index (χ2n) is 7.47. The lowest BCUT2D eigenvalue weighted by molar-refractivity contribution is 0.205. The maximum Gasteiger partial charge on any atom is 0.142 e. The molecule has 152 valence electrons. The lowest BCUT2D eigenvalue weighted by atomic mass is 10.0. The van der Waals surface area contributed by atoms with E-state index in [9.17, 15) is 5.11 Å². The number of piperazine rings is 1. The lowest BCUT2D eigenvalue weighted by Crippen LogP contribution is -2.46. The highest BCUT2D eigenvalue weighted by atomic mass is 32.2. The van der Waals surface area contributed by atoms with Crippen molar-refractivity contribution in [2.75, 3.05) is 37.3 Å². The van der Waals surface area contributed by atoms with Crippen LogP contribution >= 0.6 is 11.8 Å². The van der Waals surface area contributed by atoms with Crippen LogP contribution in [0.2, 0.25) is 0 Å². The number of rotatable bonds is 6. The first-order valence-electron chi connectivity index (χ1n) is 10.00. The summed E-state index contributed by atoms with van der Waals surface area (Å²) in [6.45, 7) is 4.91. The van der Waals surface area contributed by atoms with Crippen LogP contribution in [0.3, 0.4) is 0 Å². The van der Waals surface area contributed by atoms with Crippen LogP contribution in [0.25, 0.3) is 0 Å². The number of nitrogens with zero attached hydrogens (tertiary/aromatic N) is 4. The minimum absolute atomic E-state index is 0.671. The van der Waals surface area contributed by atoms with Crippen molar-refractivity contribution < 1.29 is 5.11 Å². The Kier molecular flexibility index (Phi) is 6.23. The van der Waals surface area contributed by atoms with Crippen LogP contribution in [-0.4, -0.2) is 52.0 Å². The van der Waals surface area contributed by atoms with Crippen LogP contribution in [0, 0.1) is 0 Å². The van der Waals surface area contributed by atoms with E-state index in [1.54, 1.807) is 18.0 Å². The summed E-state index contributed by atoms with van der Waals surface area (Å²) >= 11 is 1.78. The molecule has 1 aromatic heterocycles. The van der Waals surface area contributed by atoms with Gasteiger partial charge in [0, 0.05) is 68.3 Å². The van der Waals surface area contributed by atoms with Crippen LogP contribution in [0.5, 0.6) is 0 Å². The molecule has 29 heavy (non-hydrogen) atoms. The van der Waals surface area contributed by atoms with Crippen LogP contribution in [0.15, 0.2) is 65.8 Å². The van der Waals surface area contributed by atoms with Gasteiger partial charge in [0.2, 0.25) is 0 Å². The fourth-order valence-electron chi connectivity index (χ4n) is 3.92. The van der Waals surface area contributed by atoms with Crippen molar-refractivity contribution in [3.8, 4) is 0 Å². The van der Waals surface area contributed by atoms with Crippen LogP contribution in [0.1, 0.15) is 23.1 Å². The summed E-state index contributed by atoms with van der Waals surface area (Å²) < 4.78 is 1.88. The van der Waals surface area contributed by atoms with Crippen molar-refractivity contribution in [2.24, 2.45) is 7.05 Å². The minimum Gasteiger partial charge on any atom is -0.380 e. The number of aliphatic hydroxyl groups excluding tert-OH is 1. The largest absolute Gasteiger partial charge is 0.380 e. The van der Waals surface area contributed by atoms with Crippen LogP contribution in [-0.2, 0) is 13.6 Å². The van der Waals surface area contributed by atoms with Gasteiger partial charge in [0.05, 0.1) is 0 Å². The van der Waals surface area contributed by atoms with Crippen molar-refractivity contribution in [3.05, 3.63) is 77.9 Å². The van der Waals surface area contributed by atoms with Crippen molar-refractivity contribution in [1.82, 2.24) is 14.5 Å². The quantitative estimate of drug-likeness (QED) is 0.632. The molecule has 2 heterocycles. The topological polar surface area (TPSA) is 44.5 Å². The summed E-state index contributed by atoms with van der Waals surface area (Å²) in [4.78, 5) is 10.5. The summed E-state index contributed by atoms with van der Waals surface area (Å²) in [6, 6.07) is 17.0. The Bertz CT molecular complexity index is 932. The van der Waals surface area contributed by atoms with Gasteiger partial charge in [-0.05, 0) is 30.0 Å². The first kappa shape index (κ1) is 20.0. The molecule has 0 aliphatic carbocycles. The molecule has 1 unspecified atom stereocenters. The number of para-hydroxylation sites is 1. The third-order valence-electron chi connectivity index (χ3n) is 5.61. The number of hydrogen-bond acceptors (Lipinski definition) is 5. The molecule has 1 N–H and O–H groups in total. The van der Waals surface area contributed by atoms with E-state index in [0.29, 0.717) is 5.82 Å². The Labute approximate surface area is 177 Å². The smallest absolute Gasteiger partial charge is 0.142 e. The molecule has 5 nitrogen and oxygen atoms in total. The van der Waals surface area contributed by atoms with Gasteiger partial charge >= 0.3 is 0 Å². The number of benzene rings is 2. The number of imidazole rings is 1. The Morgan fingerprint density at radius 2 is 1.76 bits per heavy atom. The second-order valence-corrected chi connectivity index (χ2v) is 8.35. The zero-order valence-electron chi connectivity index (χ0n) is 17.0. The van der Waals surface area contributed by atoms with E-state index in [1.807, 2.05) is 36.0 Å². The molecule has 0 radical (unpaired) electrons.